The molecule has 80 valence electrons. The minimum absolute atomic E-state index is 0.675. The van der Waals surface area contributed by atoms with Gasteiger partial charge in [-0.25, -0.2) is 4.67 Å². The summed E-state index contributed by atoms with van der Waals surface area (Å²) in [6.45, 7) is 0.909. The van der Waals surface area contributed by atoms with Crippen molar-refractivity contribution in [3.8, 4) is 0 Å². The maximum Gasteiger partial charge on any atom is 0.259 e. The normalized spacial score (nSPS) is 47.8. The molecule has 0 aromatic rings. The second kappa shape index (κ2) is 3.71. The first-order chi connectivity index (χ1) is 6.90. The molecule has 2 saturated heterocycles. The van der Waals surface area contributed by atoms with Crippen LogP contribution in [0.4, 0.5) is 0 Å². The first-order valence-electron chi connectivity index (χ1n) is 5.65. The zero-order valence-electron chi connectivity index (χ0n) is 8.69. The highest BCUT2D eigenvalue weighted by Gasteiger charge is 2.50. The smallest absolute Gasteiger partial charge is 0.259 e. The van der Waals surface area contributed by atoms with Crippen molar-refractivity contribution >= 4 is 8.53 Å². The van der Waals surface area contributed by atoms with Crippen LogP contribution in [0.2, 0.25) is 0 Å². The van der Waals surface area contributed by atoms with E-state index in [1.54, 1.807) is 7.11 Å². The van der Waals surface area contributed by atoms with E-state index in [2.05, 4.69) is 4.67 Å². The molecular weight excluding hydrogens is 197 g/mol. The molecule has 0 N–H and O–H groups in total. The molecule has 0 amide bonds. The van der Waals surface area contributed by atoms with Gasteiger partial charge in [0.05, 0.1) is 6.61 Å². The molecule has 1 saturated carbocycles. The van der Waals surface area contributed by atoms with E-state index >= 15 is 0 Å². The summed E-state index contributed by atoms with van der Waals surface area (Å²) < 4.78 is 13.7. The Kier molecular flexibility index (Phi) is 2.53. The minimum atomic E-state index is -0.694. The molecule has 4 heteroatoms. The van der Waals surface area contributed by atoms with Crippen molar-refractivity contribution in [2.75, 3.05) is 13.7 Å². The van der Waals surface area contributed by atoms with Gasteiger partial charge in [-0.05, 0) is 25.2 Å². The third-order valence-corrected chi connectivity index (χ3v) is 5.56. The van der Waals surface area contributed by atoms with E-state index in [0.29, 0.717) is 6.04 Å². The predicted molar refractivity (Wildman–Crippen MR) is 55.9 cm³/mol. The average molecular weight is 215 g/mol. The van der Waals surface area contributed by atoms with E-state index in [0.717, 1.165) is 18.6 Å². The Morgan fingerprint density at radius 1 is 1.36 bits per heavy atom. The summed E-state index contributed by atoms with van der Waals surface area (Å²) in [6, 6.07) is 1.46. The Balaban J connectivity index is 1.79. The second-order valence-electron chi connectivity index (χ2n) is 4.60. The Hall–Kier alpha value is 0.310. The summed E-state index contributed by atoms with van der Waals surface area (Å²) in [5, 5.41) is 0. The lowest BCUT2D eigenvalue weighted by atomic mass is 9.85. The van der Waals surface area contributed by atoms with Gasteiger partial charge in [-0.15, -0.1) is 0 Å². The van der Waals surface area contributed by atoms with E-state index in [1.165, 1.54) is 32.1 Å². The van der Waals surface area contributed by atoms with Gasteiger partial charge in [-0.1, -0.05) is 12.8 Å². The summed E-state index contributed by atoms with van der Waals surface area (Å²) in [4.78, 5) is 0. The van der Waals surface area contributed by atoms with Gasteiger partial charge in [0.15, 0.2) is 0 Å². The zero-order valence-corrected chi connectivity index (χ0v) is 9.58. The molecule has 0 spiro atoms. The zero-order chi connectivity index (χ0) is 9.54. The Morgan fingerprint density at radius 2 is 2.21 bits per heavy atom. The van der Waals surface area contributed by atoms with Gasteiger partial charge in [0.1, 0.15) is 0 Å². The molecule has 1 aliphatic carbocycles. The van der Waals surface area contributed by atoms with E-state index in [1.807, 2.05) is 0 Å². The third kappa shape index (κ3) is 1.34. The number of rotatable bonds is 1. The topological polar surface area (TPSA) is 21.7 Å². The van der Waals surface area contributed by atoms with Crippen LogP contribution in [0, 0.1) is 5.92 Å². The first-order valence-corrected chi connectivity index (χ1v) is 6.78. The van der Waals surface area contributed by atoms with Crippen LogP contribution < -0.4 is 0 Å². The van der Waals surface area contributed by atoms with Crippen LogP contribution in [0.5, 0.6) is 0 Å². The quantitative estimate of drug-likeness (QED) is 0.627. The lowest BCUT2D eigenvalue weighted by Gasteiger charge is -2.32. The largest absolute Gasteiger partial charge is 0.325 e. The molecule has 3 rings (SSSR count). The Labute approximate surface area is 86.7 Å². The van der Waals surface area contributed by atoms with Crippen LogP contribution in [0.1, 0.15) is 32.1 Å². The van der Waals surface area contributed by atoms with E-state index in [9.17, 15) is 0 Å². The molecular formula is C10H18NO2P. The van der Waals surface area contributed by atoms with Crippen LogP contribution >= 0.6 is 8.53 Å². The monoisotopic (exact) mass is 215 g/mol. The third-order valence-electron chi connectivity index (χ3n) is 3.88. The molecule has 3 fully saturated rings. The lowest BCUT2D eigenvalue weighted by molar-refractivity contribution is 0.238. The highest BCUT2D eigenvalue weighted by Crippen LogP contribution is 2.58. The number of hydrogen-bond acceptors (Lipinski definition) is 3. The molecule has 2 aliphatic heterocycles. The van der Waals surface area contributed by atoms with Crippen LogP contribution in [0.3, 0.4) is 0 Å². The van der Waals surface area contributed by atoms with Gasteiger partial charge in [0, 0.05) is 19.2 Å². The van der Waals surface area contributed by atoms with Gasteiger partial charge >= 0.3 is 0 Å². The van der Waals surface area contributed by atoms with Crippen molar-refractivity contribution in [3.63, 3.8) is 0 Å². The first kappa shape index (κ1) is 9.53. The van der Waals surface area contributed by atoms with Gasteiger partial charge in [-0.3, -0.25) is 0 Å². The van der Waals surface area contributed by atoms with Gasteiger partial charge in [0.2, 0.25) is 0 Å². The second-order valence-corrected chi connectivity index (χ2v) is 6.16. The number of nitrogens with zero attached hydrogens (tertiary/aromatic N) is 1. The number of hydrogen-bond donors (Lipinski definition) is 0. The van der Waals surface area contributed by atoms with Crippen molar-refractivity contribution < 1.29 is 9.05 Å². The lowest BCUT2D eigenvalue weighted by Crippen LogP contribution is -2.32. The molecule has 2 heterocycles. The average Bonchev–Trinajstić information content (AvgIpc) is 2.75. The van der Waals surface area contributed by atoms with Crippen molar-refractivity contribution in [2.45, 2.75) is 44.2 Å². The van der Waals surface area contributed by atoms with Gasteiger partial charge in [-0.2, -0.15) is 0 Å². The Bertz CT molecular complexity index is 226. The molecule has 3 aliphatic rings. The molecule has 3 nitrogen and oxygen atoms in total. The molecule has 0 bridgehead atoms. The standard InChI is InChI=1S/C10H18NO2P/c1-12-14-11-9(7-13-14)6-8-4-2-3-5-10(8)11/h8-10H,2-7H2,1H3/t8-,9-,10-,14-/m0/s1. The van der Waals surface area contributed by atoms with Crippen LogP contribution in [0.15, 0.2) is 0 Å². The fourth-order valence-corrected chi connectivity index (χ4v) is 5.00. The van der Waals surface area contributed by atoms with E-state index < -0.39 is 8.53 Å². The van der Waals surface area contributed by atoms with Crippen molar-refractivity contribution in [3.05, 3.63) is 0 Å². The summed E-state index contributed by atoms with van der Waals surface area (Å²) in [7, 11) is 1.09. The fourth-order valence-electron chi connectivity index (χ4n) is 3.30. The highest BCUT2D eigenvalue weighted by atomic mass is 31.2. The summed E-state index contributed by atoms with van der Waals surface area (Å²) >= 11 is 0. The Morgan fingerprint density at radius 3 is 3.07 bits per heavy atom. The summed E-state index contributed by atoms with van der Waals surface area (Å²) in [5.41, 5.74) is 0. The number of fused-ring (bicyclic) bond motifs is 3. The molecule has 4 atom stereocenters. The molecule has 0 radical (unpaired) electrons. The van der Waals surface area contributed by atoms with E-state index in [-0.39, 0.29) is 0 Å². The van der Waals surface area contributed by atoms with Gasteiger partial charge in [0.25, 0.3) is 8.53 Å². The highest BCUT2D eigenvalue weighted by molar-refractivity contribution is 7.44. The predicted octanol–water partition coefficient (Wildman–Crippen LogP) is 2.52. The summed E-state index contributed by atoms with van der Waals surface area (Å²) in [6.07, 6.45) is 6.99. The van der Waals surface area contributed by atoms with Crippen LogP contribution in [-0.2, 0) is 9.05 Å². The SMILES string of the molecule is CO[P@@]1OC[C@@H]2C[C@@H]3CCCC[C@@H]3N21. The van der Waals surface area contributed by atoms with Crippen LogP contribution in [-0.4, -0.2) is 30.5 Å². The van der Waals surface area contributed by atoms with Crippen molar-refractivity contribution in [1.29, 1.82) is 0 Å². The minimum Gasteiger partial charge on any atom is -0.325 e. The van der Waals surface area contributed by atoms with Crippen molar-refractivity contribution in [2.24, 2.45) is 5.92 Å². The fraction of sp³-hybridized carbons (Fsp3) is 1.00. The van der Waals surface area contributed by atoms with Crippen molar-refractivity contribution in [1.82, 2.24) is 4.67 Å². The molecule has 0 aromatic heterocycles. The van der Waals surface area contributed by atoms with Crippen LogP contribution in [0.25, 0.3) is 0 Å². The summed E-state index contributed by atoms with van der Waals surface area (Å²) in [5.74, 6) is 0.942. The molecule has 0 aromatic carbocycles. The molecule has 0 unspecified atom stereocenters. The van der Waals surface area contributed by atoms with Gasteiger partial charge < -0.3 is 9.05 Å². The molecule has 14 heavy (non-hydrogen) atoms. The maximum atomic E-state index is 5.69. The maximum absolute atomic E-state index is 5.69. The van der Waals surface area contributed by atoms with E-state index in [4.69, 9.17) is 9.05 Å².